The Morgan fingerprint density at radius 1 is 0.935 bits per heavy atom. The van der Waals surface area contributed by atoms with E-state index in [1.807, 2.05) is 32.0 Å². The van der Waals surface area contributed by atoms with E-state index in [2.05, 4.69) is 18.7 Å². The molecule has 0 radical (unpaired) electrons. The van der Waals surface area contributed by atoms with Crippen molar-refractivity contribution in [3.05, 3.63) is 76.2 Å². The maximum atomic E-state index is 14.3. The molecule has 0 bridgehead atoms. The fourth-order valence-corrected chi connectivity index (χ4v) is 4.80. The van der Waals surface area contributed by atoms with Gasteiger partial charge in [0, 0.05) is 18.7 Å². The van der Waals surface area contributed by atoms with E-state index in [1.54, 1.807) is 18.2 Å². The van der Waals surface area contributed by atoms with Crippen molar-refractivity contribution in [1.29, 1.82) is 0 Å². The summed E-state index contributed by atoms with van der Waals surface area (Å²) in [4.78, 5) is 30.4. The van der Waals surface area contributed by atoms with Gasteiger partial charge in [-0.2, -0.15) is 0 Å². The van der Waals surface area contributed by atoms with Crippen LogP contribution in [0, 0.1) is 31.5 Å². The highest BCUT2D eigenvalue weighted by Gasteiger charge is 2.43. The van der Waals surface area contributed by atoms with Gasteiger partial charge in [0.1, 0.15) is 11.5 Å². The molecule has 2 heterocycles. The van der Waals surface area contributed by atoms with Crippen LogP contribution in [-0.4, -0.2) is 34.7 Å². The predicted molar refractivity (Wildman–Crippen MR) is 119 cm³/mol. The van der Waals surface area contributed by atoms with Gasteiger partial charge in [-0.05, 0) is 54.9 Å². The average Bonchev–Trinajstić information content (AvgIpc) is 2.95. The van der Waals surface area contributed by atoms with Crippen molar-refractivity contribution >= 4 is 17.4 Å². The van der Waals surface area contributed by atoms with E-state index in [-0.39, 0.29) is 18.4 Å². The van der Waals surface area contributed by atoms with Crippen molar-refractivity contribution < 1.29 is 14.0 Å². The molecule has 0 N–H and O–H groups in total. The molecule has 2 amide bonds. The molecule has 5 heteroatoms. The molecule has 2 unspecified atom stereocenters. The van der Waals surface area contributed by atoms with Crippen molar-refractivity contribution in [3.63, 3.8) is 0 Å². The molecular weight excluding hydrogens is 391 g/mol. The molecule has 2 atom stereocenters. The molecule has 1 saturated heterocycles. The first kappa shape index (κ1) is 21.3. The van der Waals surface area contributed by atoms with Crippen LogP contribution in [0.25, 0.3) is 5.57 Å². The number of amides is 2. The van der Waals surface area contributed by atoms with Gasteiger partial charge in [0.15, 0.2) is 0 Å². The van der Waals surface area contributed by atoms with Crippen molar-refractivity contribution in [2.24, 2.45) is 11.8 Å². The van der Waals surface area contributed by atoms with Crippen molar-refractivity contribution in [2.45, 2.75) is 40.7 Å². The maximum Gasteiger partial charge on any atom is 0.278 e. The van der Waals surface area contributed by atoms with Crippen LogP contribution < -0.4 is 0 Å². The summed E-state index contributed by atoms with van der Waals surface area (Å²) in [6.07, 6.45) is 1.10. The number of piperidine rings is 1. The second kappa shape index (κ2) is 8.29. The Kier molecular flexibility index (Phi) is 5.69. The average molecular weight is 421 g/mol. The SMILES string of the molecule is Cc1ccc(C2=C(N3CC(C)CC(C)C3)C(=O)N(Cc3ccccc3F)C2=O)cc1C. The smallest absolute Gasteiger partial charge is 0.278 e. The van der Waals surface area contributed by atoms with Crippen LogP contribution in [0.1, 0.15) is 42.5 Å². The van der Waals surface area contributed by atoms with Crippen LogP contribution >= 0.6 is 0 Å². The minimum atomic E-state index is -0.413. The lowest BCUT2D eigenvalue weighted by Crippen LogP contribution is -2.41. The van der Waals surface area contributed by atoms with Crippen molar-refractivity contribution in [1.82, 2.24) is 9.80 Å². The van der Waals surface area contributed by atoms with E-state index >= 15 is 0 Å². The molecule has 4 nitrogen and oxygen atoms in total. The molecule has 0 aromatic heterocycles. The summed E-state index contributed by atoms with van der Waals surface area (Å²) < 4.78 is 14.3. The zero-order chi connectivity index (χ0) is 22.3. The van der Waals surface area contributed by atoms with Gasteiger partial charge < -0.3 is 4.90 Å². The molecular formula is C26H29FN2O2. The van der Waals surface area contributed by atoms with Gasteiger partial charge in [-0.1, -0.05) is 50.2 Å². The lowest BCUT2D eigenvalue weighted by Gasteiger charge is -2.37. The van der Waals surface area contributed by atoms with Crippen LogP contribution in [0.3, 0.4) is 0 Å². The molecule has 0 spiro atoms. The van der Waals surface area contributed by atoms with Crippen LogP contribution in [0.5, 0.6) is 0 Å². The van der Waals surface area contributed by atoms with Crippen LogP contribution in [0.2, 0.25) is 0 Å². The number of imide groups is 1. The van der Waals surface area contributed by atoms with Gasteiger partial charge in [0.05, 0.1) is 12.1 Å². The van der Waals surface area contributed by atoms with Crippen LogP contribution in [-0.2, 0) is 16.1 Å². The number of carbonyl (C=O) groups is 2. The second-order valence-corrected chi connectivity index (χ2v) is 9.16. The largest absolute Gasteiger partial charge is 0.366 e. The van der Waals surface area contributed by atoms with Crippen molar-refractivity contribution in [2.75, 3.05) is 13.1 Å². The Hall–Kier alpha value is -2.95. The first-order chi connectivity index (χ1) is 14.8. The summed E-state index contributed by atoms with van der Waals surface area (Å²) in [6.45, 7) is 9.79. The number of nitrogens with zero attached hydrogens (tertiary/aromatic N) is 2. The monoisotopic (exact) mass is 420 g/mol. The Balaban J connectivity index is 1.79. The van der Waals surface area contributed by atoms with Crippen molar-refractivity contribution in [3.8, 4) is 0 Å². The van der Waals surface area contributed by atoms with E-state index in [9.17, 15) is 14.0 Å². The van der Waals surface area contributed by atoms with Gasteiger partial charge in [0.2, 0.25) is 0 Å². The molecule has 0 aliphatic carbocycles. The first-order valence-corrected chi connectivity index (χ1v) is 10.9. The number of rotatable bonds is 4. The summed E-state index contributed by atoms with van der Waals surface area (Å²) >= 11 is 0. The van der Waals surface area contributed by atoms with E-state index in [0.29, 0.717) is 28.7 Å². The normalized spacial score (nSPS) is 22.0. The number of hydrogen-bond acceptors (Lipinski definition) is 3. The van der Waals surface area contributed by atoms with Gasteiger partial charge in [-0.25, -0.2) is 4.39 Å². The number of benzene rings is 2. The van der Waals surface area contributed by atoms with Gasteiger partial charge in [-0.3, -0.25) is 14.5 Å². The van der Waals surface area contributed by atoms with Gasteiger partial charge >= 0.3 is 0 Å². The van der Waals surface area contributed by atoms with E-state index in [0.717, 1.165) is 36.2 Å². The summed E-state index contributed by atoms with van der Waals surface area (Å²) in [5, 5.41) is 0. The molecule has 162 valence electrons. The fourth-order valence-electron chi connectivity index (χ4n) is 4.80. The minimum absolute atomic E-state index is 0.0683. The summed E-state index contributed by atoms with van der Waals surface area (Å²) in [5.41, 5.74) is 4.18. The molecule has 1 fully saturated rings. The highest BCUT2D eigenvalue weighted by Crippen LogP contribution is 2.36. The summed E-state index contributed by atoms with van der Waals surface area (Å²) in [6, 6.07) is 12.2. The number of likely N-dealkylation sites (tertiary alicyclic amines) is 1. The molecule has 0 saturated carbocycles. The fraction of sp³-hybridized carbons (Fsp3) is 0.385. The molecule has 2 aliphatic rings. The van der Waals surface area contributed by atoms with E-state index in [4.69, 9.17) is 0 Å². The third kappa shape index (κ3) is 4.01. The first-order valence-electron chi connectivity index (χ1n) is 10.9. The summed E-state index contributed by atoms with van der Waals surface area (Å²) in [7, 11) is 0. The molecule has 2 aromatic carbocycles. The third-order valence-electron chi connectivity index (χ3n) is 6.41. The predicted octanol–water partition coefficient (Wildman–Crippen LogP) is 4.70. The zero-order valence-corrected chi connectivity index (χ0v) is 18.6. The Morgan fingerprint density at radius 3 is 2.26 bits per heavy atom. The molecule has 4 rings (SSSR count). The second-order valence-electron chi connectivity index (χ2n) is 9.16. The van der Waals surface area contributed by atoms with Crippen LogP contribution in [0.4, 0.5) is 4.39 Å². The Labute approximate surface area is 183 Å². The zero-order valence-electron chi connectivity index (χ0n) is 18.6. The van der Waals surface area contributed by atoms with E-state index < -0.39 is 5.82 Å². The molecule has 31 heavy (non-hydrogen) atoms. The summed E-state index contributed by atoms with van der Waals surface area (Å²) in [5.74, 6) is -0.230. The van der Waals surface area contributed by atoms with Crippen LogP contribution in [0.15, 0.2) is 48.2 Å². The lowest BCUT2D eigenvalue weighted by molar-refractivity contribution is -0.138. The number of halogens is 1. The van der Waals surface area contributed by atoms with Gasteiger partial charge in [-0.15, -0.1) is 0 Å². The number of aryl methyl sites for hydroxylation is 2. The standard InChI is InChI=1S/C26H29FN2O2/c1-16-11-17(2)14-28(13-16)24-23(20-10-9-18(3)19(4)12-20)25(30)29(26(24)31)15-21-7-5-6-8-22(21)27/h5-10,12,16-17H,11,13-15H2,1-4H3. The van der Waals surface area contributed by atoms with Gasteiger partial charge in [0.25, 0.3) is 11.8 Å². The Morgan fingerprint density at radius 2 is 1.61 bits per heavy atom. The Bertz CT molecular complexity index is 1060. The number of hydrogen-bond donors (Lipinski definition) is 0. The lowest BCUT2D eigenvalue weighted by atomic mass is 9.90. The highest BCUT2D eigenvalue weighted by atomic mass is 19.1. The topological polar surface area (TPSA) is 40.6 Å². The maximum absolute atomic E-state index is 14.3. The quantitative estimate of drug-likeness (QED) is 0.673. The van der Waals surface area contributed by atoms with E-state index in [1.165, 1.54) is 11.0 Å². The highest BCUT2D eigenvalue weighted by molar-refractivity contribution is 6.35. The third-order valence-corrected chi connectivity index (χ3v) is 6.41. The molecule has 2 aliphatic heterocycles. The molecule has 2 aromatic rings. The minimum Gasteiger partial charge on any atom is -0.366 e. The number of carbonyl (C=O) groups excluding carboxylic acids is 2.